The molecule has 0 aromatic rings. The van der Waals surface area contributed by atoms with Crippen LogP contribution in [0.5, 0.6) is 0 Å². The smallest absolute Gasteiger partial charge is 0.102 e. The molecule has 0 aromatic heterocycles. The Bertz CT molecular complexity index is 301. The number of hydrogen-bond acceptors (Lipinski definition) is 1. The molecule has 0 spiro atoms. The van der Waals surface area contributed by atoms with Gasteiger partial charge in [-0.25, -0.2) is 0 Å². The van der Waals surface area contributed by atoms with Crippen molar-refractivity contribution in [3.8, 4) is 0 Å². The third-order valence-electron chi connectivity index (χ3n) is 3.65. The molecule has 1 rings (SSSR count). The van der Waals surface area contributed by atoms with E-state index >= 15 is 0 Å². The second-order valence-electron chi connectivity index (χ2n) is 5.59. The lowest BCUT2D eigenvalue weighted by Gasteiger charge is -1.96. The molecule has 1 aliphatic rings. The maximum absolute atomic E-state index is 5.66. The highest BCUT2D eigenvalue weighted by Gasteiger charge is 2.35. The average molecular weight is 276 g/mol. The first kappa shape index (κ1) is 17.2. The summed E-state index contributed by atoms with van der Waals surface area (Å²) in [5, 5.41) is 0. The highest BCUT2D eigenvalue weighted by Crippen LogP contribution is 2.28. The standard InChI is InChI=1S/C19H32O/c1-3-5-7-9-10-11-13-15-17-19-18(20-19)16-14-12-8-6-4-2/h5,7,10-11,15,17-19H,3-4,6,8-9,12-14,16H2,1-2H3/b7-5-,11-10-,17-15-/t18-,19-/m0/s1. The van der Waals surface area contributed by atoms with Crippen LogP contribution in [-0.4, -0.2) is 12.2 Å². The molecule has 0 bridgehead atoms. The van der Waals surface area contributed by atoms with Gasteiger partial charge in [0.05, 0.1) is 6.10 Å². The van der Waals surface area contributed by atoms with Crippen molar-refractivity contribution in [2.24, 2.45) is 0 Å². The van der Waals surface area contributed by atoms with Crippen LogP contribution < -0.4 is 0 Å². The Balaban J connectivity index is 1.93. The van der Waals surface area contributed by atoms with Gasteiger partial charge in [-0.05, 0) is 25.7 Å². The van der Waals surface area contributed by atoms with E-state index in [1.54, 1.807) is 0 Å². The topological polar surface area (TPSA) is 12.5 Å². The Morgan fingerprint density at radius 1 is 0.800 bits per heavy atom. The fraction of sp³-hybridized carbons (Fsp3) is 0.684. The summed E-state index contributed by atoms with van der Waals surface area (Å²) in [5.74, 6) is 0. The summed E-state index contributed by atoms with van der Waals surface area (Å²) in [4.78, 5) is 0. The fourth-order valence-corrected chi connectivity index (χ4v) is 2.33. The molecule has 1 heteroatoms. The molecule has 0 saturated carbocycles. The first-order valence-corrected chi connectivity index (χ1v) is 8.50. The van der Waals surface area contributed by atoms with Crippen LogP contribution in [0.2, 0.25) is 0 Å². The third kappa shape index (κ3) is 9.14. The molecule has 1 fully saturated rings. The molecule has 1 heterocycles. The van der Waals surface area contributed by atoms with E-state index in [0.29, 0.717) is 12.2 Å². The minimum absolute atomic E-state index is 0.412. The lowest BCUT2D eigenvalue weighted by Crippen LogP contribution is -1.90. The first-order chi connectivity index (χ1) is 9.88. The van der Waals surface area contributed by atoms with Crippen LogP contribution in [-0.2, 0) is 4.74 Å². The average Bonchev–Trinajstić information content (AvgIpc) is 3.20. The van der Waals surface area contributed by atoms with Crippen molar-refractivity contribution in [1.29, 1.82) is 0 Å². The van der Waals surface area contributed by atoms with Gasteiger partial charge in [0.1, 0.15) is 6.10 Å². The van der Waals surface area contributed by atoms with E-state index in [1.807, 2.05) is 0 Å². The van der Waals surface area contributed by atoms with Gasteiger partial charge >= 0.3 is 0 Å². The van der Waals surface area contributed by atoms with Crippen LogP contribution in [0.15, 0.2) is 36.5 Å². The largest absolute Gasteiger partial charge is 0.365 e. The highest BCUT2D eigenvalue weighted by molar-refractivity contribution is 5.05. The summed E-state index contributed by atoms with van der Waals surface area (Å²) in [7, 11) is 0. The predicted molar refractivity (Wildman–Crippen MR) is 89.0 cm³/mol. The fourth-order valence-electron chi connectivity index (χ4n) is 2.33. The maximum Gasteiger partial charge on any atom is 0.102 e. The van der Waals surface area contributed by atoms with Gasteiger partial charge in [-0.1, -0.05) is 82.4 Å². The van der Waals surface area contributed by atoms with Gasteiger partial charge in [-0.2, -0.15) is 0 Å². The minimum atomic E-state index is 0.412. The molecule has 0 N–H and O–H groups in total. The molecule has 114 valence electrons. The van der Waals surface area contributed by atoms with E-state index in [0.717, 1.165) is 19.3 Å². The van der Waals surface area contributed by atoms with Crippen molar-refractivity contribution in [3.63, 3.8) is 0 Å². The van der Waals surface area contributed by atoms with Crippen LogP contribution in [0, 0.1) is 0 Å². The molecule has 1 aliphatic heterocycles. The van der Waals surface area contributed by atoms with Gasteiger partial charge in [-0.3, -0.25) is 0 Å². The first-order valence-electron chi connectivity index (χ1n) is 8.50. The van der Waals surface area contributed by atoms with Crippen molar-refractivity contribution in [2.75, 3.05) is 0 Å². The van der Waals surface area contributed by atoms with Crippen LogP contribution in [0.3, 0.4) is 0 Å². The normalized spacial score (nSPS) is 22.5. The molecule has 0 aromatic carbocycles. The number of rotatable bonds is 12. The van der Waals surface area contributed by atoms with Crippen molar-refractivity contribution >= 4 is 0 Å². The molecule has 0 aliphatic carbocycles. The molecule has 1 saturated heterocycles. The Morgan fingerprint density at radius 2 is 1.50 bits per heavy atom. The van der Waals surface area contributed by atoms with E-state index in [9.17, 15) is 0 Å². The van der Waals surface area contributed by atoms with Crippen LogP contribution >= 0.6 is 0 Å². The Hall–Kier alpha value is -0.820. The molecule has 0 unspecified atom stereocenters. The molecule has 0 radical (unpaired) electrons. The molecule has 1 nitrogen and oxygen atoms in total. The Labute approximate surface area is 125 Å². The molecular weight excluding hydrogens is 244 g/mol. The molecule has 2 atom stereocenters. The Morgan fingerprint density at radius 3 is 2.25 bits per heavy atom. The minimum Gasteiger partial charge on any atom is -0.365 e. The van der Waals surface area contributed by atoms with Gasteiger partial charge in [0.25, 0.3) is 0 Å². The van der Waals surface area contributed by atoms with E-state index in [2.05, 4.69) is 50.3 Å². The Kier molecular flexibility index (Phi) is 10.3. The van der Waals surface area contributed by atoms with E-state index < -0.39 is 0 Å². The summed E-state index contributed by atoms with van der Waals surface area (Å²) in [6.45, 7) is 4.43. The van der Waals surface area contributed by atoms with Crippen LogP contribution in [0.4, 0.5) is 0 Å². The van der Waals surface area contributed by atoms with Crippen molar-refractivity contribution in [2.45, 2.75) is 83.8 Å². The summed E-state index contributed by atoms with van der Waals surface area (Å²) in [6.07, 6.45) is 25.6. The monoisotopic (exact) mass is 276 g/mol. The zero-order valence-electron chi connectivity index (χ0n) is 13.4. The van der Waals surface area contributed by atoms with Crippen molar-refractivity contribution in [3.05, 3.63) is 36.5 Å². The number of unbranched alkanes of at least 4 members (excludes halogenated alkanes) is 4. The summed E-state index contributed by atoms with van der Waals surface area (Å²) >= 11 is 0. The highest BCUT2D eigenvalue weighted by atomic mass is 16.6. The van der Waals surface area contributed by atoms with Crippen LogP contribution in [0.25, 0.3) is 0 Å². The van der Waals surface area contributed by atoms with Crippen molar-refractivity contribution in [1.82, 2.24) is 0 Å². The summed E-state index contributed by atoms with van der Waals surface area (Å²) in [5.41, 5.74) is 0. The second-order valence-corrected chi connectivity index (χ2v) is 5.59. The number of ether oxygens (including phenoxy) is 1. The van der Waals surface area contributed by atoms with E-state index in [4.69, 9.17) is 4.74 Å². The lowest BCUT2D eigenvalue weighted by molar-refractivity contribution is 0.372. The van der Waals surface area contributed by atoms with E-state index in [-0.39, 0.29) is 0 Å². The molecule has 20 heavy (non-hydrogen) atoms. The molecular formula is C19H32O. The summed E-state index contributed by atoms with van der Waals surface area (Å²) in [6, 6.07) is 0. The number of hydrogen-bond donors (Lipinski definition) is 0. The lowest BCUT2D eigenvalue weighted by atomic mass is 10.1. The predicted octanol–water partition coefficient (Wildman–Crippen LogP) is 5.97. The van der Waals surface area contributed by atoms with Gasteiger partial charge < -0.3 is 4.74 Å². The summed E-state index contributed by atoms with van der Waals surface area (Å²) < 4.78 is 5.66. The number of epoxide rings is 1. The number of allylic oxidation sites excluding steroid dienone is 5. The van der Waals surface area contributed by atoms with Gasteiger partial charge in [0, 0.05) is 0 Å². The van der Waals surface area contributed by atoms with Gasteiger partial charge in [0.15, 0.2) is 0 Å². The zero-order chi connectivity index (χ0) is 14.5. The van der Waals surface area contributed by atoms with Crippen LogP contribution in [0.1, 0.15) is 71.6 Å². The van der Waals surface area contributed by atoms with Crippen molar-refractivity contribution < 1.29 is 4.74 Å². The molecule has 0 amide bonds. The maximum atomic E-state index is 5.66. The van der Waals surface area contributed by atoms with Gasteiger partial charge in [-0.15, -0.1) is 0 Å². The zero-order valence-corrected chi connectivity index (χ0v) is 13.4. The second kappa shape index (κ2) is 12.0. The van der Waals surface area contributed by atoms with E-state index in [1.165, 1.54) is 38.5 Å². The SMILES string of the molecule is CC/C=C\C/C=C\C/C=C\[C@@H]1O[C@H]1CCCCCCC. The quantitative estimate of drug-likeness (QED) is 0.243. The van der Waals surface area contributed by atoms with Gasteiger partial charge in [0.2, 0.25) is 0 Å². The third-order valence-corrected chi connectivity index (χ3v) is 3.65.